The summed E-state index contributed by atoms with van der Waals surface area (Å²) >= 11 is 0. The van der Waals surface area contributed by atoms with Crippen molar-refractivity contribution in [3.05, 3.63) is 176 Å². The topological polar surface area (TPSA) is 65.0 Å². The van der Waals surface area contributed by atoms with Crippen LogP contribution in [0.25, 0.3) is 111 Å². The minimum atomic E-state index is 0.562. The lowest BCUT2D eigenvalue weighted by Crippen LogP contribution is -2.02. The maximum atomic E-state index is 6.47. The fourth-order valence-corrected chi connectivity index (χ4v) is 7.79. The highest BCUT2D eigenvalue weighted by Crippen LogP contribution is 2.44. The Hall–Kier alpha value is -7.37. The van der Waals surface area contributed by atoms with Crippen molar-refractivity contribution in [3.63, 3.8) is 0 Å². The fourth-order valence-electron chi connectivity index (χ4n) is 7.79. The van der Waals surface area contributed by atoms with E-state index in [1.807, 2.05) is 54.6 Å². The highest BCUT2D eigenvalue weighted by Gasteiger charge is 2.23. The molecule has 0 bridgehead atoms. The lowest BCUT2D eigenvalue weighted by atomic mass is 9.93. The number of hydrogen-bond donors (Lipinski definition) is 0. The molecule has 0 amide bonds. The van der Waals surface area contributed by atoms with Crippen molar-refractivity contribution in [2.45, 2.75) is 0 Å². The Morgan fingerprint density at radius 3 is 1.69 bits per heavy atom. The van der Waals surface area contributed by atoms with E-state index in [0.29, 0.717) is 17.5 Å². The van der Waals surface area contributed by atoms with Gasteiger partial charge in [0, 0.05) is 38.2 Å². The second kappa shape index (κ2) is 12.1. The van der Waals surface area contributed by atoms with Gasteiger partial charge in [-0.25, -0.2) is 15.0 Å². The van der Waals surface area contributed by atoms with E-state index in [9.17, 15) is 0 Å². The van der Waals surface area contributed by atoms with Crippen molar-refractivity contribution < 1.29 is 8.83 Å². The molecule has 5 nitrogen and oxygen atoms in total. The summed E-state index contributed by atoms with van der Waals surface area (Å²) in [5.41, 5.74) is 10.2. The lowest BCUT2D eigenvalue weighted by molar-refractivity contribution is 0.668. The Bertz CT molecular complexity index is 3210. The minimum Gasteiger partial charge on any atom is -0.456 e. The van der Waals surface area contributed by atoms with Crippen molar-refractivity contribution >= 4 is 54.6 Å². The number of furan rings is 2. The summed E-state index contributed by atoms with van der Waals surface area (Å²) in [5.74, 6) is 1.71. The maximum Gasteiger partial charge on any atom is 0.165 e. The van der Waals surface area contributed by atoms with Crippen LogP contribution < -0.4 is 0 Å². The second-order valence-electron chi connectivity index (χ2n) is 13.5. The number of fused-ring (bicyclic) bond motifs is 7. The first-order valence-corrected chi connectivity index (χ1v) is 18.0. The molecule has 0 fully saturated rings. The Morgan fingerprint density at radius 1 is 0.315 bits per heavy atom. The third kappa shape index (κ3) is 4.90. The first-order chi connectivity index (χ1) is 26.7. The van der Waals surface area contributed by atoms with Crippen LogP contribution in [0.5, 0.6) is 0 Å². The Labute approximate surface area is 309 Å². The van der Waals surface area contributed by atoms with Crippen LogP contribution in [0.2, 0.25) is 0 Å². The van der Waals surface area contributed by atoms with E-state index < -0.39 is 0 Å². The standard InChI is InChI=1S/C49H29N3O2/c1-2-11-30(12-3-1)32-21-24-33(25-22-32)36-27-28-43-45(38-16-7-9-19-41(38)54-43)46(36)49-51-47(35-26-23-31-13-4-5-14-34(31)29-35)50-48(52-49)39-17-10-20-42-44(39)37-15-6-8-18-40(37)53-42/h1-29H. The van der Waals surface area contributed by atoms with E-state index in [2.05, 4.69) is 121 Å². The third-order valence-electron chi connectivity index (χ3n) is 10.4. The van der Waals surface area contributed by atoms with Crippen LogP contribution >= 0.6 is 0 Å². The lowest BCUT2D eigenvalue weighted by Gasteiger charge is -2.14. The van der Waals surface area contributed by atoms with E-state index >= 15 is 0 Å². The van der Waals surface area contributed by atoms with Crippen molar-refractivity contribution in [1.29, 1.82) is 0 Å². The highest BCUT2D eigenvalue weighted by molar-refractivity contribution is 6.16. The summed E-state index contributed by atoms with van der Waals surface area (Å²) in [6.45, 7) is 0. The number of nitrogens with zero attached hydrogens (tertiary/aromatic N) is 3. The van der Waals surface area contributed by atoms with Gasteiger partial charge in [0.05, 0.1) is 0 Å². The molecule has 3 heterocycles. The summed E-state index contributed by atoms with van der Waals surface area (Å²) in [6.07, 6.45) is 0. The van der Waals surface area contributed by atoms with Crippen LogP contribution in [-0.4, -0.2) is 15.0 Å². The van der Waals surface area contributed by atoms with Gasteiger partial charge < -0.3 is 8.83 Å². The van der Waals surface area contributed by atoms with Gasteiger partial charge >= 0.3 is 0 Å². The van der Waals surface area contributed by atoms with E-state index in [-0.39, 0.29) is 0 Å². The van der Waals surface area contributed by atoms with Crippen LogP contribution in [-0.2, 0) is 0 Å². The molecule has 11 rings (SSSR count). The second-order valence-corrected chi connectivity index (χ2v) is 13.5. The van der Waals surface area contributed by atoms with Gasteiger partial charge in [0.1, 0.15) is 22.3 Å². The van der Waals surface area contributed by atoms with E-state index in [0.717, 1.165) is 88.0 Å². The number of rotatable bonds is 5. The molecule has 0 radical (unpaired) electrons. The molecule has 0 saturated carbocycles. The van der Waals surface area contributed by atoms with Crippen molar-refractivity contribution in [2.24, 2.45) is 0 Å². The zero-order valence-electron chi connectivity index (χ0n) is 28.9. The Morgan fingerprint density at radius 2 is 0.889 bits per heavy atom. The predicted molar refractivity (Wildman–Crippen MR) is 219 cm³/mol. The maximum absolute atomic E-state index is 6.47. The van der Waals surface area contributed by atoms with Gasteiger partial charge in [-0.2, -0.15) is 0 Å². The summed E-state index contributed by atoms with van der Waals surface area (Å²) in [6, 6.07) is 60.4. The molecule has 0 saturated heterocycles. The molecule has 0 aliphatic rings. The molecule has 0 atom stereocenters. The molecule has 252 valence electrons. The predicted octanol–water partition coefficient (Wildman–Crippen LogP) is 13.2. The van der Waals surface area contributed by atoms with Crippen LogP contribution in [0.3, 0.4) is 0 Å². The quantitative estimate of drug-likeness (QED) is 0.180. The van der Waals surface area contributed by atoms with Crippen LogP contribution in [0, 0.1) is 0 Å². The number of benzene rings is 8. The van der Waals surface area contributed by atoms with Gasteiger partial charge in [-0.05, 0) is 69.4 Å². The molecule has 5 heteroatoms. The molecule has 0 aliphatic heterocycles. The molecule has 0 N–H and O–H groups in total. The summed E-state index contributed by atoms with van der Waals surface area (Å²) in [7, 11) is 0. The first kappa shape index (κ1) is 30.3. The van der Waals surface area contributed by atoms with Gasteiger partial charge in [-0.15, -0.1) is 0 Å². The molecule has 3 aromatic heterocycles. The Balaban J connectivity index is 1.22. The summed E-state index contributed by atoms with van der Waals surface area (Å²) < 4.78 is 12.8. The molecule has 0 unspecified atom stereocenters. The van der Waals surface area contributed by atoms with Crippen molar-refractivity contribution in [1.82, 2.24) is 15.0 Å². The molecular weight excluding hydrogens is 663 g/mol. The van der Waals surface area contributed by atoms with Crippen LogP contribution in [0.15, 0.2) is 185 Å². The molecule has 54 heavy (non-hydrogen) atoms. The van der Waals surface area contributed by atoms with Gasteiger partial charge in [-0.3, -0.25) is 0 Å². The highest BCUT2D eigenvalue weighted by atomic mass is 16.3. The normalized spacial score (nSPS) is 11.7. The van der Waals surface area contributed by atoms with Gasteiger partial charge in [-0.1, -0.05) is 140 Å². The summed E-state index contributed by atoms with van der Waals surface area (Å²) in [5, 5.41) is 6.22. The molecule has 0 aliphatic carbocycles. The van der Waals surface area contributed by atoms with Gasteiger partial charge in [0.2, 0.25) is 0 Å². The number of hydrogen-bond acceptors (Lipinski definition) is 5. The zero-order valence-corrected chi connectivity index (χ0v) is 28.9. The summed E-state index contributed by atoms with van der Waals surface area (Å²) in [4.78, 5) is 16.0. The van der Waals surface area contributed by atoms with Crippen LogP contribution in [0.4, 0.5) is 0 Å². The SMILES string of the molecule is c1ccc(-c2ccc(-c3ccc4oc5ccccc5c4c3-c3nc(-c4ccc5ccccc5c4)nc(-c4cccc5oc6ccccc6c45)n3)cc2)cc1. The smallest absolute Gasteiger partial charge is 0.165 e. The van der Waals surface area contributed by atoms with Crippen LogP contribution in [0.1, 0.15) is 0 Å². The van der Waals surface area contributed by atoms with Gasteiger partial charge in [0.25, 0.3) is 0 Å². The number of para-hydroxylation sites is 2. The molecule has 0 spiro atoms. The minimum absolute atomic E-state index is 0.562. The van der Waals surface area contributed by atoms with E-state index in [4.69, 9.17) is 23.8 Å². The van der Waals surface area contributed by atoms with Gasteiger partial charge in [0.15, 0.2) is 17.5 Å². The molecule has 8 aromatic carbocycles. The largest absolute Gasteiger partial charge is 0.456 e. The van der Waals surface area contributed by atoms with E-state index in [1.54, 1.807) is 0 Å². The number of aromatic nitrogens is 3. The first-order valence-electron chi connectivity index (χ1n) is 18.0. The average molecular weight is 692 g/mol. The third-order valence-corrected chi connectivity index (χ3v) is 10.4. The molecular formula is C49H29N3O2. The Kier molecular flexibility index (Phi) is 6.79. The average Bonchev–Trinajstić information content (AvgIpc) is 3.82. The molecule has 11 aromatic rings. The van der Waals surface area contributed by atoms with Crippen molar-refractivity contribution in [3.8, 4) is 56.4 Å². The zero-order chi connectivity index (χ0) is 35.6. The fraction of sp³-hybridized carbons (Fsp3) is 0. The monoisotopic (exact) mass is 691 g/mol. The van der Waals surface area contributed by atoms with Crippen molar-refractivity contribution in [2.75, 3.05) is 0 Å². The van der Waals surface area contributed by atoms with E-state index in [1.165, 1.54) is 5.56 Å².